The minimum atomic E-state index is -0.665. The minimum Gasteiger partial charge on any atom is -0.460 e. The fraction of sp³-hybridized carbons (Fsp3) is 0.727. The van der Waals surface area contributed by atoms with Gasteiger partial charge in [0.25, 0.3) is 0 Å². The Bertz CT molecular complexity index is 1120. The summed E-state index contributed by atoms with van der Waals surface area (Å²) in [5.74, 6) is -1.22. The zero-order valence-electron chi connectivity index (χ0n) is 25.9. The van der Waals surface area contributed by atoms with E-state index in [-0.39, 0.29) is 54.0 Å². The van der Waals surface area contributed by atoms with Gasteiger partial charge in [-0.1, -0.05) is 25.1 Å². The first-order valence-corrected chi connectivity index (χ1v) is 15.1. The van der Waals surface area contributed by atoms with Gasteiger partial charge in [0.05, 0.1) is 18.1 Å². The Balaban J connectivity index is 1.45. The summed E-state index contributed by atoms with van der Waals surface area (Å²) in [7, 11) is 1.60. The molecule has 2 aliphatic carbocycles. The quantitative estimate of drug-likeness (QED) is 0.303. The summed E-state index contributed by atoms with van der Waals surface area (Å²) in [6.07, 6.45) is 3.15. The Hall–Kier alpha value is -2.48. The molecule has 41 heavy (non-hydrogen) atoms. The van der Waals surface area contributed by atoms with Gasteiger partial charge >= 0.3 is 12.1 Å². The van der Waals surface area contributed by atoms with Crippen molar-refractivity contribution in [3.05, 3.63) is 35.6 Å². The summed E-state index contributed by atoms with van der Waals surface area (Å²) in [5.41, 5.74) is -0.789. The average molecular weight is 574 g/mol. The molecule has 1 aromatic rings. The number of amides is 1. The summed E-state index contributed by atoms with van der Waals surface area (Å²) in [4.78, 5) is 41.9. The van der Waals surface area contributed by atoms with Crippen molar-refractivity contribution in [2.75, 3.05) is 7.11 Å². The van der Waals surface area contributed by atoms with E-state index in [0.717, 1.165) is 25.7 Å². The molecule has 8 heteroatoms. The van der Waals surface area contributed by atoms with E-state index in [2.05, 4.69) is 0 Å². The minimum absolute atomic E-state index is 0.00527. The van der Waals surface area contributed by atoms with E-state index < -0.39 is 29.1 Å². The van der Waals surface area contributed by atoms with E-state index in [1.807, 2.05) is 53.4 Å². The highest BCUT2D eigenvalue weighted by molar-refractivity contribution is 5.82. The summed E-state index contributed by atoms with van der Waals surface area (Å²) in [6.45, 7) is 12.9. The highest BCUT2D eigenvalue weighted by atomic mass is 19.1. The highest BCUT2D eigenvalue weighted by Gasteiger charge is 2.58. The van der Waals surface area contributed by atoms with Crippen LogP contribution in [0.5, 0.6) is 0 Å². The van der Waals surface area contributed by atoms with Gasteiger partial charge in [-0.15, -0.1) is 0 Å². The standard InChI is InChI=1S/C33H48FNO6/c1-19(29(39-8)27-17-22-16-26(22)35(27)31(38)41-33(5,6)7)28(36)18-20-13-14-23(20)24(30(37)40-32(2,3)4)15-21-11-9-10-12-25(21)34/h9-12,19-20,22-24,26-27,29H,13-18H2,1-8H3/t19-,20?,22-,23?,24?,26-,27?,29+/m0/s1. The summed E-state index contributed by atoms with van der Waals surface area (Å²) in [5, 5.41) is 0. The molecule has 4 rings (SSSR count). The second-order valence-electron chi connectivity index (χ2n) is 14.4. The van der Waals surface area contributed by atoms with Crippen molar-refractivity contribution in [2.45, 2.75) is 116 Å². The number of hydrogen-bond donors (Lipinski definition) is 0. The Morgan fingerprint density at radius 2 is 1.66 bits per heavy atom. The fourth-order valence-electron chi connectivity index (χ4n) is 6.76. The monoisotopic (exact) mass is 573 g/mol. The van der Waals surface area contributed by atoms with E-state index in [0.29, 0.717) is 17.9 Å². The zero-order chi connectivity index (χ0) is 30.3. The third-order valence-corrected chi connectivity index (χ3v) is 8.96. The molecule has 1 amide bonds. The number of carbonyl (C=O) groups excluding carboxylic acids is 3. The molecule has 3 fully saturated rings. The SMILES string of the molecule is CO[C@@H](C1C[C@@H]2C[C@@H]2N1C(=O)OC(C)(C)C)[C@@H](C)C(=O)CC1CCC1C(Cc1ccccc1F)C(=O)OC(C)(C)C. The summed E-state index contributed by atoms with van der Waals surface area (Å²) in [6, 6.07) is 6.45. The van der Waals surface area contributed by atoms with Gasteiger partial charge in [-0.25, -0.2) is 9.18 Å². The van der Waals surface area contributed by atoms with E-state index in [1.165, 1.54) is 6.07 Å². The van der Waals surface area contributed by atoms with Crippen molar-refractivity contribution in [3.8, 4) is 0 Å². The number of halogens is 1. The van der Waals surface area contributed by atoms with Crippen molar-refractivity contribution in [1.82, 2.24) is 4.90 Å². The topological polar surface area (TPSA) is 82.1 Å². The van der Waals surface area contributed by atoms with E-state index in [1.54, 1.807) is 25.3 Å². The number of Topliss-reactive ketones (excluding diaryl/α,β-unsaturated/α-hetero) is 1. The van der Waals surface area contributed by atoms with Crippen LogP contribution < -0.4 is 0 Å². The van der Waals surface area contributed by atoms with Gasteiger partial charge in [-0.2, -0.15) is 0 Å². The Morgan fingerprint density at radius 1 is 1.00 bits per heavy atom. The van der Waals surface area contributed by atoms with Crippen LogP contribution in [0.1, 0.15) is 86.1 Å². The molecule has 3 aliphatic rings. The third-order valence-electron chi connectivity index (χ3n) is 8.96. The molecule has 1 heterocycles. The summed E-state index contributed by atoms with van der Waals surface area (Å²) < 4.78 is 31.9. The van der Waals surface area contributed by atoms with Crippen LogP contribution in [0.25, 0.3) is 0 Å². The number of hydrogen-bond acceptors (Lipinski definition) is 6. The largest absolute Gasteiger partial charge is 0.460 e. The Morgan fingerprint density at radius 3 is 2.22 bits per heavy atom. The van der Waals surface area contributed by atoms with Crippen molar-refractivity contribution in [1.29, 1.82) is 0 Å². The molecular weight excluding hydrogens is 525 g/mol. The number of rotatable bonds is 10. The lowest BCUT2D eigenvalue weighted by molar-refractivity contribution is -0.165. The lowest BCUT2D eigenvalue weighted by Crippen LogP contribution is -2.51. The van der Waals surface area contributed by atoms with Gasteiger partial charge in [0.1, 0.15) is 22.8 Å². The zero-order valence-corrected chi connectivity index (χ0v) is 25.9. The van der Waals surface area contributed by atoms with E-state index >= 15 is 0 Å². The second-order valence-corrected chi connectivity index (χ2v) is 14.4. The molecule has 4 unspecified atom stereocenters. The number of ketones is 1. The van der Waals surface area contributed by atoms with Gasteiger partial charge in [0, 0.05) is 25.5 Å². The Labute approximate surface area is 244 Å². The number of fused-ring (bicyclic) bond motifs is 1. The first-order chi connectivity index (χ1) is 19.1. The van der Waals surface area contributed by atoms with Crippen molar-refractivity contribution >= 4 is 17.8 Å². The molecule has 0 aromatic heterocycles. The van der Waals surface area contributed by atoms with Gasteiger partial charge in [-0.3, -0.25) is 14.5 Å². The van der Waals surface area contributed by atoms with Crippen molar-refractivity contribution in [3.63, 3.8) is 0 Å². The normalized spacial score (nSPS) is 27.7. The number of methoxy groups -OCH3 is 1. The van der Waals surface area contributed by atoms with Crippen LogP contribution in [-0.2, 0) is 30.2 Å². The number of esters is 1. The predicted molar refractivity (Wildman–Crippen MR) is 154 cm³/mol. The number of likely N-dealkylation sites (tertiary alicyclic amines) is 1. The molecule has 7 nitrogen and oxygen atoms in total. The molecule has 0 spiro atoms. The lowest BCUT2D eigenvalue weighted by Gasteiger charge is -2.42. The van der Waals surface area contributed by atoms with E-state index in [9.17, 15) is 18.8 Å². The summed E-state index contributed by atoms with van der Waals surface area (Å²) >= 11 is 0. The molecule has 1 aliphatic heterocycles. The van der Waals surface area contributed by atoms with Crippen LogP contribution in [-0.4, -0.2) is 59.2 Å². The second kappa shape index (κ2) is 12.0. The molecule has 0 radical (unpaired) electrons. The maximum atomic E-state index is 14.6. The number of ether oxygens (including phenoxy) is 3. The Kier molecular flexibility index (Phi) is 9.22. The first-order valence-electron chi connectivity index (χ1n) is 15.1. The van der Waals surface area contributed by atoms with E-state index in [4.69, 9.17) is 14.2 Å². The molecule has 0 bridgehead atoms. The maximum absolute atomic E-state index is 14.6. The van der Waals surface area contributed by atoms with Gasteiger partial charge in [-0.05, 0) is 103 Å². The molecule has 228 valence electrons. The smallest absolute Gasteiger partial charge is 0.410 e. The van der Waals surface area contributed by atoms with Crippen molar-refractivity contribution < 1.29 is 33.0 Å². The fourth-order valence-corrected chi connectivity index (χ4v) is 6.76. The van der Waals surface area contributed by atoms with Crippen molar-refractivity contribution in [2.24, 2.45) is 29.6 Å². The number of carbonyl (C=O) groups is 3. The van der Waals surface area contributed by atoms with Gasteiger partial charge in [0.2, 0.25) is 0 Å². The van der Waals surface area contributed by atoms with Gasteiger partial charge in [0.15, 0.2) is 0 Å². The molecule has 2 saturated carbocycles. The maximum Gasteiger partial charge on any atom is 0.410 e. The number of piperidine rings is 1. The van der Waals surface area contributed by atoms with Crippen LogP contribution in [0.15, 0.2) is 24.3 Å². The van der Waals surface area contributed by atoms with Crippen LogP contribution in [0.4, 0.5) is 9.18 Å². The highest BCUT2D eigenvalue weighted by Crippen LogP contribution is 2.51. The number of benzene rings is 1. The molecular formula is C33H48FNO6. The molecule has 1 aromatic carbocycles. The van der Waals surface area contributed by atoms with Crippen LogP contribution in [0.3, 0.4) is 0 Å². The predicted octanol–water partition coefficient (Wildman–Crippen LogP) is 6.36. The third kappa shape index (κ3) is 7.49. The van der Waals surface area contributed by atoms with Gasteiger partial charge < -0.3 is 14.2 Å². The molecule has 1 saturated heterocycles. The van der Waals surface area contributed by atoms with Crippen LogP contribution >= 0.6 is 0 Å². The molecule has 0 N–H and O–H groups in total. The lowest BCUT2D eigenvalue weighted by atomic mass is 9.63. The number of nitrogens with zero attached hydrogens (tertiary/aromatic N) is 1. The first kappa shape index (κ1) is 31.5. The van der Waals surface area contributed by atoms with Crippen LogP contribution in [0.2, 0.25) is 0 Å². The average Bonchev–Trinajstić information content (AvgIpc) is 3.49. The van der Waals surface area contributed by atoms with Crippen LogP contribution in [0, 0.1) is 35.4 Å². The molecule has 8 atom stereocenters.